The summed E-state index contributed by atoms with van der Waals surface area (Å²) in [5, 5.41) is 2.64. The summed E-state index contributed by atoms with van der Waals surface area (Å²) in [6.45, 7) is 0. The van der Waals surface area contributed by atoms with Crippen molar-refractivity contribution < 1.29 is 17.6 Å². The monoisotopic (exact) mass is 275 g/mol. The predicted octanol–water partition coefficient (Wildman–Crippen LogP) is 4.77. The van der Waals surface area contributed by atoms with Crippen molar-refractivity contribution in [2.24, 2.45) is 0 Å². The van der Waals surface area contributed by atoms with Crippen molar-refractivity contribution in [2.75, 3.05) is 5.32 Å². The van der Waals surface area contributed by atoms with Crippen molar-refractivity contribution in [2.45, 2.75) is 51.0 Å². The summed E-state index contributed by atoms with van der Waals surface area (Å²) in [4.78, 5) is 0. The van der Waals surface area contributed by atoms with Crippen molar-refractivity contribution >= 4 is 5.69 Å². The molecule has 0 bridgehead atoms. The highest BCUT2D eigenvalue weighted by molar-refractivity contribution is 5.48. The molecule has 2 rings (SSSR count). The number of nitrogens with one attached hydrogen (secondary N) is 1. The molecule has 0 unspecified atom stereocenters. The first-order chi connectivity index (χ1) is 9.09. The van der Waals surface area contributed by atoms with E-state index in [-0.39, 0.29) is 12.1 Å². The molecule has 1 aliphatic carbocycles. The second-order valence-electron chi connectivity index (χ2n) is 5.03. The van der Waals surface area contributed by atoms with Crippen molar-refractivity contribution in [1.29, 1.82) is 0 Å². The Hall–Kier alpha value is -1.26. The average molecular weight is 275 g/mol. The van der Waals surface area contributed by atoms with E-state index in [4.69, 9.17) is 0 Å². The lowest BCUT2D eigenvalue weighted by atomic mass is 9.96. The minimum absolute atomic E-state index is 0.134. The van der Waals surface area contributed by atoms with Gasteiger partial charge < -0.3 is 5.32 Å². The summed E-state index contributed by atoms with van der Waals surface area (Å²) in [7, 11) is 0. The molecule has 0 heterocycles. The Balaban J connectivity index is 2.17. The van der Waals surface area contributed by atoms with E-state index in [2.05, 4.69) is 5.32 Å². The fourth-order valence-corrected chi connectivity index (χ4v) is 2.50. The highest BCUT2D eigenvalue weighted by Gasteiger charge is 2.21. The molecule has 0 aliphatic heterocycles. The van der Waals surface area contributed by atoms with Gasteiger partial charge in [-0.25, -0.2) is 17.6 Å². The summed E-state index contributed by atoms with van der Waals surface area (Å²) in [5.74, 6) is -5.43. The van der Waals surface area contributed by atoms with Crippen LogP contribution in [0.3, 0.4) is 0 Å². The second-order valence-corrected chi connectivity index (χ2v) is 5.03. The van der Waals surface area contributed by atoms with Gasteiger partial charge in [-0.15, -0.1) is 0 Å². The Kier molecular flexibility index (Phi) is 4.66. The van der Waals surface area contributed by atoms with Crippen LogP contribution in [0.5, 0.6) is 0 Å². The molecule has 1 saturated carbocycles. The van der Waals surface area contributed by atoms with Gasteiger partial charge >= 0.3 is 0 Å². The standard InChI is InChI=1S/C14H17F4N/c15-10-8-11(16)13(18)14(12(10)17)19-9-6-4-2-1-3-5-7-9/h8-9,19H,1-7H2. The molecule has 0 amide bonds. The summed E-state index contributed by atoms with van der Waals surface area (Å²) >= 11 is 0. The number of halogens is 4. The third-order valence-electron chi connectivity index (χ3n) is 3.57. The van der Waals surface area contributed by atoms with Crippen LogP contribution in [0.25, 0.3) is 0 Å². The van der Waals surface area contributed by atoms with Crippen LogP contribution in [0.4, 0.5) is 23.2 Å². The zero-order chi connectivity index (χ0) is 13.8. The molecule has 1 nitrogen and oxygen atoms in total. The normalized spacial score (nSPS) is 17.9. The van der Waals surface area contributed by atoms with Gasteiger partial charge in [0.15, 0.2) is 23.3 Å². The van der Waals surface area contributed by atoms with Gasteiger partial charge in [0.1, 0.15) is 5.69 Å². The first-order valence-corrected chi connectivity index (χ1v) is 6.69. The topological polar surface area (TPSA) is 12.0 Å². The predicted molar refractivity (Wildman–Crippen MR) is 66.0 cm³/mol. The lowest BCUT2D eigenvalue weighted by molar-refractivity contribution is 0.443. The minimum atomic E-state index is -1.37. The average Bonchev–Trinajstić information content (AvgIpc) is 2.34. The van der Waals surface area contributed by atoms with E-state index in [1.807, 2.05) is 0 Å². The zero-order valence-corrected chi connectivity index (χ0v) is 10.6. The molecular formula is C14H17F4N. The number of rotatable bonds is 2. The van der Waals surface area contributed by atoms with Crippen molar-refractivity contribution in [3.05, 3.63) is 29.3 Å². The smallest absolute Gasteiger partial charge is 0.185 e. The molecule has 1 aromatic rings. The van der Waals surface area contributed by atoms with Crippen LogP contribution in [0.1, 0.15) is 44.9 Å². The molecule has 1 N–H and O–H groups in total. The number of hydrogen-bond donors (Lipinski definition) is 1. The van der Waals surface area contributed by atoms with Crippen molar-refractivity contribution in [3.8, 4) is 0 Å². The van der Waals surface area contributed by atoms with Gasteiger partial charge in [0.25, 0.3) is 0 Å². The third-order valence-corrected chi connectivity index (χ3v) is 3.57. The number of anilines is 1. The number of hydrogen-bond acceptors (Lipinski definition) is 1. The van der Waals surface area contributed by atoms with Crippen LogP contribution in [-0.4, -0.2) is 6.04 Å². The van der Waals surface area contributed by atoms with E-state index in [1.54, 1.807) is 0 Å². The van der Waals surface area contributed by atoms with E-state index in [0.29, 0.717) is 0 Å². The maximum atomic E-state index is 13.5. The summed E-state index contributed by atoms with van der Waals surface area (Å²) in [6, 6.07) is 0.0963. The van der Waals surface area contributed by atoms with E-state index >= 15 is 0 Å². The summed E-state index contributed by atoms with van der Waals surface area (Å²) in [5.41, 5.74) is -0.678. The molecule has 1 aliphatic rings. The fourth-order valence-electron chi connectivity index (χ4n) is 2.50. The maximum absolute atomic E-state index is 13.5. The van der Waals surface area contributed by atoms with Crippen LogP contribution >= 0.6 is 0 Å². The summed E-state index contributed by atoms with van der Waals surface area (Å²) in [6.07, 6.45) is 6.77. The zero-order valence-electron chi connectivity index (χ0n) is 10.6. The van der Waals surface area contributed by atoms with Crippen molar-refractivity contribution in [3.63, 3.8) is 0 Å². The van der Waals surface area contributed by atoms with Gasteiger partial charge in [-0.2, -0.15) is 0 Å². The largest absolute Gasteiger partial charge is 0.377 e. The van der Waals surface area contributed by atoms with E-state index < -0.39 is 29.0 Å². The number of benzene rings is 1. The Bertz CT molecular complexity index is 413. The van der Waals surface area contributed by atoms with Crippen LogP contribution in [0.2, 0.25) is 0 Å². The molecule has 1 fully saturated rings. The Morgan fingerprint density at radius 1 is 0.789 bits per heavy atom. The summed E-state index contributed by atoms with van der Waals surface area (Å²) < 4.78 is 53.3. The molecular weight excluding hydrogens is 258 g/mol. The van der Waals surface area contributed by atoms with E-state index in [1.165, 1.54) is 6.42 Å². The Labute approximate surface area is 110 Å². The lowest BCUT2D eigenvalue weighted by Crippen LogP contribution is -2.22. The Morgan fingerprint density at radius 2 is 1.26 bits per heavy atom. The SMILES string of the molecule is Fc1cc(F)c(F)c(NC2CCCCCCC2)c1F. The van der Waals surface area contributed by atoms with Gasteiger partial charge in [-0.3, -0.25) is 0 Å². The first kappa shape index (κ1) is 14.2. The van der Waals surface area contributed by atoms with E-state index in [9.17, 15) is 17.6 Å². The third kappa shape index (κ3) is 3.39. The highest BCUT2D eigenvalue weighted by atomic mass is 19.2. The molecule has 19 heavy (non-hydrogen) atoms. The van der Waals surface area contributed by atoms with Crippen LogP contribution in [0, 0.1) is 23.3 Å². The van der Waals surface area contributed by atoms with Gasteiger partial charge in [0.2, 0.25) is 0 Å². The first-order valence-electron chi connectivity index (χ1n) is 6.69. The molecule has 0 aromatic heterocycles. The van der Waals surface area contributed by atoms with Crippen LogP contribution in [0.15, 0.2) is 6.07 Å². The fraction of sp³-hybridized carbons (Fsp3) is 0.571. The minimum Gasteiger partial charge on any atom is -0.377 e. The molecule has 0 spiro atoms. The van der Waals surface area contributed by atoms with Gasteiger partial charge in [-0.1, -0.05) is 32.1 Å². The molecule has 0 atom stereocenters. The van der Waals surface area contributed by atoms with Crippen molar-refractivity contribution in [1.82, 2.24) is 0 Å². The van der Waals surface area contributed by atoms with Crippen LogP contribution < -0.4 is 5.32 Å². The quantitative estimate of drug-likeness (QED) is 0.605. The molecule has 106 valence electrons. The van der Waals surface area contributed by atoms with Crippen LogP contribution in [-0.2, 0) is 0 Å². The highest BCUT2D eigenvalue weighted by Crippen LogP contribution is 2.27. The molecule has 1 aromatic carbocycles. The lowest BCUT2D eigenvalue weighted by Gasteiger charge is -2.22. The van der Waals surface area contributed by atoms with Gasteiger partial charge in [0, 0.05) is 12.1 Å². The van der Waals surface area contributed by atoms with Gasteiger partial charge in [-0.05, 0) is 12.8 Å². The second kappa shape index (κ2) is 6.26. The molecule has 0 radical (unpaired) electrons. The van der Waals surface area contributed by atoms with E-state index in [0.717, 1.165) is 38.5 Å². The maximum Gasteiger partial charge on any atom is 0.185 e. The molecule has 0 saturated heterocycles. The Morgan fingerprint density at radius 3 is 1.79 bits per heavy atom. The molecule has 5 heteroatoms. The van der Waals surface area contributed by atoms with Gasteiger partial charge in [0.05, 0.1) is 0 Å².